The molecule has 1 saturated carbocycles. The molecule has 16 heavy (non-hydrogen) atoms. The lowest BCUT2D eigenvalue weighted by Crippen LogP contribution is -2.42. The molecule has 0 aromatic rings. The molecule has 1 aliphatic rings. The predicted octanol–water partition coefficient (Wildman–Crippen LogP) is 0.792. The summed E-state index contributed by atoms with van der Waals surface area (Å²) >= 11 is 0. The lowest BCUT2D eigenvalue weighted by molar-refractivity contribution is -0.124. The molecule has 1 amide bonds. The zero-order chi connectivity index (χ0) is 12.6. The van der Waals surface area contributed by atoms with Crippen molar-refractivity contribution in [1.29, 1.82) is 0 Å². The summed E-state index contributed by atoms with van der Waals surface area (Å²) < 4.78 is 4.93. The summed E-state index contributed by atoms with van der Waals surface area (Å²) in [5.41, 5.74) is 0.0638. The highest BCUT2D eigenvalue weighted by molar-refractivity contribution is 5.84. The minimum Gasteiger partial charge on any atom is -0.394 e. The molecule has 0 spiro atoms. The van der Waals surface area contributed by atoms with E-state index in [0.717, 1.165) is 0 Å². The van der Waals surface area contributed by atoms with E-state index in [4.69, 9.17) is 9.84 Å². The van der Waals surface area contributed by atoms with Crippen LogP contribution in [0.15, 0.2) is 0 Å². The third kappa shape index (κ3) is 2.09. The zero-order valence-electron chi connectivity index (χ0n) is 10.8. The highest BCUT2D eigenvalue weighted by Gasteiger charge is 2.68. The van der Waals surface area contributed by atoms with Crippen LogP contribution >= 0.6 is 0 Å². The number of carbonyl (C=O) groups excluding carboxylic acids is 1. The van der Waals surface area contributed by atoms with Gasteiger partial charge in [-0.25, -0.2) is 0 Å². The Morgan fingerprint density at radius 3 is 2.19 bits per heavy atom. The maximum absolute atomic E-state index is 12.0. The van der Waals surface area contributed by atoms with Crippen molar-refractivity contribution in [1.82, 2.24) is 5.32 Å². The molecule has 1 atom stereocenters. The predicted molar refractivity (Wildman–Crippen MR) is 61.9 cm³/mol. The van der Waals surface area contributed by atoms with E-state index in [2.05, 4.69) is 33.0 Å². The number of amides is 1. The van der Waals surface area contributed by atoms with Crippen LogP contribution in [0.1, 0.15) is 27.7 Å². The van der Waals surface area contributed by atoms with Gasteiger partial charge in [-0.3, -0.25) is 4.79 Å². The molecule has 0 heterocycles. The van der Waals surface area contributed by atoms with Gasteiger partial charge < -0.3 is 15.2 Å². The molecule has 0 aromatic carbocycles. The average molecular weight is 229 g/mol. The summed E-state index contributed by atoms with van der Waals surface area (Å²) in [4.78, 5) is 12.0. The van der Waals surface area contributed by atoms with Crippen molar-refractivity contribution in [2.75, 3.05) is 20.3 Å². The molecule has 2 N–H and O–H groups in total. The van der Waals surface area contributed by atoms with E-state index in [-0.39, 0.29) is 35.3 Å². The molecule has 1 rings (SSSR count). The molecule has 1 unspecified atom stereocenters. The number of nitrogens with one attached hydrogen (secondary N) is 1. The largest absolute Gasteiger partial charge is 0.394 e. The molecular weight excluding hydrogens is 206 g/mol. The summed E-state index contributed by atoms with van der Waals surface area (Å²) in [5.74, 6) is 0.0389. The van der Waals surface area contributed by atoms with Crippen LogP contribution in [0.3, 0.4) is 0 Å². The maximum Gasteiger partial charge on any atom is 0.224 e. The quantitative estimate of drug-likeness (QED) is 0.733. The first-order chi connectivity index (χ1) is 7.29. The lowest BCUT2D eigenvalue weighted by atomic mass is 10.0. The number of rotatable bonds is 5. The molecule has 1 aliphatic carbocycles. The van der Waals surface area contributed by atoms with Crippen LogP contribution in [0.25, 0.3) is 0 Å². The van der Waals surface area contributed by atoms with Gasteiger partial charge in [0.2, 0.25) is 5.91 Å². The summed E-state index contributed by atoms with van der Waals surface area (Å²) in [6.45, 7) is 8.65. The Labute approximate surface area is 97.4 Å². The number of hydrogen-bond donors (Lipinski definition) is 2. The van der Waals surface area contributed by atoms with E-state index in [1.54, 1.807) is 7.11 Å². The number of aliphatic hydroxyl groups is 1. The Morgan fingerprint density at radius 2 is 1.88 bits per heavy atom. The smallest absolute Gasteiger partial charge is 0.224 e. The monoisotopic (exact) mass is 229 g/mol. The van der Waals surface area contributed by atoms with Crippen molar-refractivity contribution in [3.05, 3.63) is 0 Å². The second kappa shape index (κ2) is 4.34. The third-order valence-electron chi connectivity index (χ3n) is 4.22. The Hall–Kier alpha value is -0.610. The maximum atomic E-state index is 12.0. The molecule has 0 radical (unpaired) electrons. The van der Waals surface area contributed by atoms with Crippen molar-refractivity contribution in [2.45, 2.75) is 33.7 Å². The second-order valence-corrected chi connectivity index (χ2v) is 5.72. The first kappa shape index (κ1) is 13.5. The minimum atomic E-state index is -0.301. The first-order valence-corrected chi connectivity index (χ1v) is 5.69. The normalized spacial score (nSPS) is 23.9. The highest BCUT2D eigenvalue weighted by atomic mass is 16.5. The third-order valence-corrected chi connectivity index (χ3v) is 4.22. The van der Waals surface area contributed by atoms with Gasteiger partial charge >= 0.3 is 0 Å². The van der Waals surface area contributed by atoms with Gasteiger partial charge in [0, 0.05) is 13.0 Å². The molecule has 4 heteroatoms. The van der Waals surface area contributed by atoms with Crippen LogP contribution in [-0.2, 0) is 9.53 Å². The standard InChI is InChI=1S/C12H23NO3/c1-11(2)9(12(11,3)4)10(15)13-8(6-14)7-16-5/h8-9,14H,6-7H2,1-5H3,(H,13,15). The van der Waals surface area contributed by atoms with E-state index >= 15 is 0 Å². The van der Waals surface area contributed by atoms with Crippen LogP contribution in [-0.4, -0.2) is 37.4 Å². The number of aliphatic hydroxyl groups excluding tert-OH is 1. The Balaban J connectivity index is 2.55. The molecule has 0 saturated heterocycles. The number of carbonyl (C=O) groups is 1. The van der Waals surface area contributed by atoms with Gasteiger partial charge in [0.1, 0.15) is 0 Å². The van der Waals surface area contributed by atoms with Crippen LogP contribution in [0.2, 0.25) is 0 Å². The van der Waals surface area contributed by atoms with Crippen LogP contribution in [0, 0.1) is 16.7 Å². The first-order valence-electron chi connectivity index (χ1n) is 5.69. The van der Waals surface area contributed by atoms with E-state index in [1.807, 2.05) is 0 Å². The summed E-state index contributed by atoms with van der Waals surface area (Å²) in [5, 5.41) is 11.9. The van der Waals surface area contributed by atoms with Crippen molar-refractivity contribution in [3.8, 4) is 0 Å². The van der Waals surface area contributed by atoms with Crippen LogP contribution in [0.4, 0.5) is 0 Å². The van der Waals surface area contributed by atoms with Gasteiger partial charge in [-0.05, 0) is 10.8 Å². The van der Waals surface area contributed by atoms with Gasteiger partial charge in [0.25, 0.3) is 0 Å². The summed E-state index contributed by atoms with van der Waals surface area (Å²) in [6.07, 6.45) is 0. The van der Waals surface area contributed by atoms with E-state index in [1.165, 1.54) is 0 Å². The van der Waals surface area contributed by atoms with Gasteiger partial charge in [0.05, 0.1) is 19.3 Å². The van der Waals surface area contributed by atoms with Crippen molar-refractivity contribution in [3.63, 3.8) is 0 Å². The van der Waals surface area contributed by atoms with Crippen molar-refractivity contribution in [2.24, 2.45) is 16.7 Å². The van der Waals surface area contributed by atoms with E-state index in [0.29, 0.717) is 6.61 Å². The fourth-order valence-electron chi connectivity index (χ4n) is 2.48. The molecule has 0 aliphatic heterocycles. The fourth-order valence-corrected chi connectivity index (χ4v) is 2.48. The Kier molecular flexibility index (Phi) is 3.65. The zero-order valence-corrected chi connectivity index (χ0v) is 10.8. The number of ether oxygens (including phenoxy) is 1. The molecule has 4 nitrogen and oxygen atoms in total. The SMILES string of the molecule is COCC(CO)NC(=O)C1C(C)(C)C1(C)C. The van der Waals surface area contributed by atoms with Gasteiger partial charge in [-0.15, -0.1) is 0 Å². The second-order valence-electron chi connectivity index (χ2n) is 5.72. The number of hydrogen-bond acceptors (Lipinski definition) is 3. The van der Waals surface area contributed by atoms with Gasteiger partial charge in [0.15, 0.2) is 0 Å². The lowest BCUT2D eigenvalue weighted by Gasteiger charge is -2.15. The van der Waals surface area contributed by atoms with E-state index < -0.39 is 0 Å². The molecular formula is C12H23NO3. The van der Waals surface area contributed by atoms with Crippen LogP contribution < -0.4 is 5.32 Å². The topological polar surface area (TPSA) is 58.6 Å². The summed E-state index contributed by atoms with van der Waals surface area (Å²) in [6, 6.07) is -0.301. The molecule has 0 aromatic heterocycles. The molecule has 1 fully saturated rings. The highest BCUT2D eigenvalue weighted by Crippen LogP contribution is 2.68. The minimum absolute atomic E-state index is 0.0194. The van der Waals surface area contributed by atoms with Crippen molar-refractivity contribution >= 4 is 5.91 Å². The molecule has 94 valence electrons. The average Bonchev–Trinajstić information content (AvgIpc) is 2.56. The van der Waals surface area contributed by atoms with Gasteiger partial charge in [-0.1, -0.05) is 27.7 Å². The Bertz CT molecular complexity index is 259. The number of methoxy groups -OCH3 is 1. The van der Waals surface area contributed by atoms with Crippen LogP contribution in [0.5, 0.6) is 0 Å². The molecule has 0 bridgehead atoms. The van der Waals surface area contributed by atoms with Gasteiger partial charge in [-0.2, -0.15) is 0 Å². The van der Waals surface area contributed by atoms with E-state index in [9.17, 15) is 4.79 Å². The Morgan fingerprint density at radius 1 is 1.38 bits per heavy atom. The fraction of sp³-hybridized carbons (Fsp3) is 0.917. The van der Waals surface area contributed by atoms with Crippen molar-refractivity contribution < 1.29 is 14.6 Å². The summed E-state index contributed by atoms with van der Waals surface area (Å²) in [7, 11) is 1.56.